The van der Waals surface area contributed by atoms with Gasteiger partial charge in [0.05, 0.1) is 24.3 Å². The van der Waals surface area contributed by atoms with Crippen LogP contribution in [0.15, 0.2) is 4.42 Å². The highest BCUT2D eigenvalue weighted by Gasteiger charge is 2.33. The van der Waals surface area contributed by atoms with Crippen LogP contribution in [0.1, 0.15) is 39.6 Å². The molecule has 1 aromatic heterocycles. The minimum atomic E-state index is -0.234. The number of hydrogen-bond acceptors (Lipinski definition) is 6. The second kappa shape index (κ2) is 4.27. The molecule has 1 aliphatic heterocycles. The number of ether oxygens (including phenoxy) is 1. The maximum Gasteiger partial charge on any atom is 0.318 e. The zero-order valence-corrected chi connectivity index (χ0v) is 10.8. The average molecular weight is 240 g/mol. The fraction of sp³-hybridized carbons (Fsp3) is 0.818. The molecule has 0 aromatic carbocycles. The van der Waals surface area contributed by atoms with Crippen molar-refractivity contribution in [2.45, 2.75) is 45.4 Å². The number of morpholine rings is 1. The van der Waals surface area contributed by atoms with E-state index in [-0.39, 0.29) is 17.7 Å². The molecule has 6 heteroatoms. The van der Waals surface area contributed by atoms with Gasteiger partial charge in [-0.15, -0.1) is 5.10 Å². The van der Waals surface area contributed by atoms with E-state index in [1.165, 1.54) is 0 Å². The number of nitrogens with two attached hydrogens (primary N) is 1. The summed E-state index contributed by atoms with van der Waals surface area (Å²) in [5, 5.41) is 7.97. The second-order valence-corrected chi connectivity index (χ2v) is 5.28. The highest BCUT2D eigenvalue weighted by molar-refractivity contribution is 5.27. The molecule has 0 amide bonds. The summed E-state index contributed by atoms with van der Waals surface area (Å²) >= 11 is 0. The van der Waals surface area contributed by atoms with E-state index in [0.29, 0.717) is 11.9 Å². The van der Waals surface area contributed by atoms with Gasteiger partial charge in [-0.05, 0) is 27.7 Å². The van der Waals surface area contributed by atoms with E-state index in [1.807, 2.05) is 18.7 Å². The van der Waals surface area contributed by atoms with Gasteiger partial charge < -0.3 is 19.8 Å². The first-order valence-electron chi connectivity index (χ1n) is 5.89. The SMILES string of the molecule is CC1CN(c2nnc(C(C)N)o2)CC(C)(C)O1. The van der Waals surface area contributed by atoms with Crippen molar-refractivity contribution >= 4 is 6.01 Å². The molecule has 2 heterocycles. The first kappa shape index (κ1) is 12.3. The minimum Gasteiger partial charge on any atom is -0.406 e. The summed E-state index contributed by atoms with van der Waals surface area (Å²) in [5.41, 5.74) is 5.49. The molecular weight excluding hydrogens is 220 g/mol. The molecule has 2 rings (SSSR count). The lowest BCUT2D eigenvalue weighted by atomic mass is 10.1. The van der Waals surface area contributed by atoms with Crippen LogP contribution in [0, 0.1) is 0 Å². The lowest BCUT2D eigenvalue weighted by molar-refractivity contribution is -0.0761. The lowest BCUT2D eigenvalue weighted by Gasteiger charge is -2.40. The normalized spacial score (nSPS) is 25.9. The Balaban J connectivity index is 2.15. The van der Waals surface area contributed by atoms with Gasteiger partial charge in [0.15, 0.2) is 0 Å². The second-order valence-electron chi connectivity index (χ2n) is 5.28. The standard InChI is InChI=1S/C11H20N4O2/c1-7-5-15(6-11(3,4)17-7)10-14-13-9(16-10)8(2)12/h7-8H,5-6,12H2,1-4H3. The molecule has 1 aliphatic rings. The van der Waals surface area contributed by atoms with E-state index in [4.69, 9.17) is 14.9 Å². The maximum atomic E-state index is 5.82. The molecule has 0 bridgehead atoms. The number of rotatable bonds is 2. The first-order valence-corrected chi connectivity index (χ1v) is 5.89. The van der Waals surface area contributed by atoms with Crippen LogP contribution in [0.3, 0.4) is 0 Å². The van der Waals surface area contributed by atoms with Crippen molar-refractivity contribution < 1.29 is 9.15 Å². The number of aromatic nitrogens is 2. The molecule has 0 radical (unpaired) electrons. The van der Waals surface area contributed by atoms with E-state index < -0.39 is 0 Å². The molecule has 1 fully saturated rings. The van der Waals surface area contributed by atoms with Gasteiger partial charge in [-0.2, -0.15) is 0 Å². The zero-order chi connectivity index (χ0) is 12.6. The van der Waals surface area contributed by atoms with Gasteiger partial charge in [0, 0.05) is 6.54 Å². The highest BCUT2D eigenvalue weighted by atomic mass is 16.5. The van der Waals surface area contributed by atoms with Gasteiger partial charge >= 0.3 is 6.01 Å². The van der Waals surface area contributed by atoms with E-state index in [1.54, 1.807) is 0 Å². The van der Waals surface area contributed by atoms with Crippen LogP contribution >= 0.6 is 0 Å². The predicted molar refractivity (Wildman–Crippen MR) is 63.7 cm³/mol. The fourth-order valence-corrected chi connectivity index (χ4v) is 2.14. The third-order valence-electron chi connectivity index (χ3n) is 2.66. The Bertz CT molecular complexity index is 389. The van der Waals surface area contributed by atoms with Gasteiger partial charge in [-0.1, -0.05) is 5.10 Å². The molecule has 96 valence electrons. The summed E-state index contributed by atoms with van der Waals surface area (Å²) < 4.78 is 11.4. The Morgan fingerprint density at radius 3 is 2.71 bits per heavy atom. The molecule has 0 aliphatic carbocycles. The van der Waals surface area contributed by atoms with Crippen molar-refractivity contribution in [2.75, 3.05) is 18.0 Å². The molecule has 6 nitrogen and oxygen atoms in total. The molecule has 1 saturated heterocycles. The van der Waals surface area contributed by atoms with Gasteiger partial charge in [0.2, 0.25) is 5.89 Å². The van der Waals surface area contributed by atoms with E-state index in [0.717, 1.165) is 13.1 Å². The van der Waals surface area contributed by atoms with Crippen LogP contribution in [-0.2, 0) is 4.74 Å². The Kier molecular flexibility index (Phi) is 3.09. The quantitative estimate of drug-likeness (QED) is 0.834. The molecule has 0 spiro atoms. The van der Waals surface area contributed by atoms with Crippen molar-refractivity contribution in [3.8, 4) is 0 Å². The molecule has 1 aromatic rings. The van der Waals surface area contributed by atoms with Gasteiger partial charge in [-0.25, -0.2) is 0 Å². The first-order chi connectivity index (χ1) is 7.87. The molecule has 2 atom stereocenters. The Hall–Kier alpha value is -1.14. The van der Waals surface area contributed by atoms with Crippen molar-refractivity contribution in [2.24, 2.45) is 5.73 Å². The van der Waals surface area contributed by atoms with Gasteiger partial charge in [-0.3, -0.25) is 0 Å². The Labute approximate surface area is 101 Å². The van der Waals surface area contributed by atoms with Gasteiger partial charge in [0.25, 0.3) is 0 Å². The largest absolute Gasteiger partial charge is 0.406 e. The summed E-state index contributed by atoms with van der Waals surface area (Å²) in [6.07, 6.45) is 0.143. The topological polar surface area (TPSA) is 77.4 Å². The van der Waals surface area contributed by atoms with E-state index >= 15 is 0 Å². The van der Waals surface area contributed by atoms with Gasteiger partial charge in [0.1, 0.15) is 0 Å². The molecular formula is C11H20N4O2. The van der Waals surface area contributed by atoms with Crippen molar-refractivity contribution in [3.63, 3.8) is 0 Å². The van der Waals surface area contributed by atoms with Crippen LogP contribution in [-0.4, -0.2) is 35.0 Å². The summed E-state index contributed by atoms with van der Waals surface area (Å²) in [5.74, 6) is 0.469. The molecule has 0 saturated carbocycles. The maximum absolute atomic E-state index is 5.82. The fourth-order valence-electron chi connectivity index (χ4n) is 2.14. The molecule has 2 unspecified atom stereocenters. The monoisotopic (exact) mass is 240 g/mol. The average Bonchev–Trinajstić information content (AvgIpc) is 2.62. The smallest absolute Gasteiger partial charge is 0.318 e. The zero-order valence-electron chi connectivity index (χ0n) is 10.8. The van der Waals surface area contributed by atoms with Crippen molar-refractivity contribution in [1.82, 2.24) is 10.2 Å². The molecule has 2 N–H and O–H groups in total. The summed E-state index contributed by atoms with van der Waals surface area (Å²) in [6, 6.07) is 0.295. The van der Waals surface area contributed by atoms with E-state index in [2.05, 4.69) is 24.0 Å². The Morgan fingerprint density at radius 1 is 1.47 bits per heavy atom. The van der Waals surface area contributed by atoms with Crippen LogP contribution in [0.25, 0.3) is 0 Å². The number of hydrogen-bond donors (Lipinski definition) is 1. The number of nitrogens with zero attached hydrogens (tertiary/aromatic N) is 3. The third-order valence-corrected chi connectivity index (χ3v) is 2.66. The minimum absolute atomic E-state index is 0.143. The summed E-state index contributed by atoms with van der Waals surface area (Å²) in [4.78, 5) is 2.05. The number of anilines is 1. The van der Waals surface area contributed by atoms with Crippen LogP contribution in [0.2, 0.25) is 0 Å². The highest BCUT2D eigenvalue weighted by Crippen LogP contribution is 2.25. The van der Waals surface area contributed by atoms with E-state index in [9.17, 15) is 0 Å². The Morgan fingerprint density at radius 2 is 2.18 bits per heavy atom. The van der Waals surface area contributed by atoms with Crippen LogP contribution < -0.4 is 10.6 Å². The summed E-state index contributed by atoms with van der Waals surface area (Å²) in [6.45, 7) is 9.46. The van der Waals surface area contributed by atoms with Crippen LogP contribution in [0.4, 0.5) is 6.01 Å². The predicted octanol–water partition coefficient (Wildman–Crippen LogP) is 1.09. The lowest BCUT2D eigenvalue weighted by Crippen LogP contribution is -2.52. The van der Waals surface area contributed by atoms with Crippen LogP contribution in [0.5, 0.6) is 0 Å². The van der Waals surface area contributed by atoms with Crippen molar-refractivity contribution in [3.05, 3.63) is 5.89 Å². The summed E-state index contributed by atoms with van der Waals surface area (Å²) in [7, 11) is 0. The third kappa shape index (κ3) is 2.76. The van der Waals surface area contributed by atoms with Crippen molar-refractivity contribution in [1.29, 1.82) is 0 Å². The molecule has 17 heavy (non-hydrogen) atoms.